The molecular formula is C13H19F3N2O2. The van der Waals surface area contributed by atoms with Crippen molar-refractivity contribution in [3.05, 3.63) is 29.8 Å². The van der Waals surface area contributed by atoms with Gasteiger partial charge in [0.15, 0.2) is 0 Å². The predicted molar refractivity (Wildman–Crippen MR) is 68.8 cm³/mol. The van der Waals surface area contributed by atoms with E-state index in [9.17, 15) is 13.2 Å². The van der Waals surface area contributed by atoms with E-state index < -0.39 is 12.4 Å². The fourth-order valence-corrected chi connectivity index (χ4v) is 2.03. The average Bonchev–Trinajstić information content (AvgIpc) is 2.35. The first-order valence-corrected chi connectivity index (χ1v) is 6.17. The Kier molecular flexibility index (Phi) is 6.25. The standard InChI is InChI=1S/C13H19F3N2O2/c1-9(8-19-2)7-11(18-17)10-5-3-4-6-12(10)20-13(14,15)16/h3-6,9,11,18H,7-8,17H2,1-2H3. The van der Waals surface area contributed by atoms with Gasteiger partial charge in [-0.1, -0.05) is 25.1 Å². The first-order valence-electron chi connectivity index (χ1n) is 6.17. The Morgan fingerprint density at radius 3 is 2.50 bits per heavy atom. The average molecular weight is 292 g/mol. The Labute approximate surface area is 116 Å². The molecule has 0 aliphatic carbocycles. The molecule has 0 saturated heterocycles. The lowest BCUT2D eigenvalue weighted by Crippen LogP contribution is -2.31. The molecule has 20 heavy (non-hydrogen) atoms. The van der Waals surface area contributed by atoms with Gasteiger partial charge in [-0.05, 0) is 18.4 Å². The molecule has 0 saturated carbocycles. The summed E-state index contributed by atoms with van der Waals surface area (Å²) in [5.74, 6) is 5.35. The van der Waals surface area contributed by atoms with Crippen molar-refractivity contribution in [2.45, 2.75) is 25.7 Å². The molecule has 114 valence electrons. The van der Waals surface area contributed by atoms with E-state index in [1.54, 1.807) is 19.2 Å². The summed E-state index contributed by atoms with van der Waals surface area (Å²) in [6.45, 7) is 2.43. The molecule has 0 aliphatic rings. The van der Waals surface area contributed by atoms with Gasteiger partial charge in [0.25, 0.3) is 0 Å². The van der Waals surface area contributed by atoms with Gasteiger partial charge in [-0.25, -0.2) is 0 Å². The summed E-state index contributed by atoms with van der Waals surface area (Å²) >= 11 is 0. The number of hydrogen-bond acceptors (Lipinski definition) is 4. The van der Waals surface area contributed by atoms with E-state index in [0.717, 1.165) is 0 Å². The van der Waals surface area contributed by atoms with Crippen molar-refractivity contribution in [3.63, 3.8) is 0 Å². The number of nitrogens with one attached hydrogen (secondary N) is 1. The summed E-state index contributed by atoms with van der Waals surface area (Å²) in [7, 11) is 1.57. The molecule has 7 heteroatoms. The quantitative estimate of drug-likeness (QED) is 0.599. The van der Waals surface area contributed by atoms with Gasteiger partial charge in [0.1, 0.15) is 5.75 Å². The first kappa shape index (κ1) is 16.7. The summed E-state index contributed by atoms with van der Waals surface area (Å²) in [6, 6.07) is 5.51. The Morgan fingerprint density at radius 1 is 1.30 bits per heavy atom. The van der Waals surface area contributed by atoms with Gasteiger partial charge in [-0.15, -0.1) is 13.2 Å². The third-order valence-electron chi connectivity index (χ3n) is 2.81. The Bertz CT molecular complexity index is 413. The van der Waals surface area contributed by atoms with Crippen LogP contribution in [0.4, 0.5) is 13.2 Å². The van der Waals surface area contributed by atoms with E-state index in [2.05, 4.69) is 10.2 Å². The van der Waals surface area contributed by atoms with Crippen LogP contribution in [0.3, 0.4) is 0 Å². The largest absolute Gasteiger partial charge is 0.573 e. The summed E-state index contributed by atoms with van der Waals surface area (Å²) in [5, 5.41) is 0. The van der Waals surface area contributed by atoms with Crippen molar-refractivity contribution in [2.75, 3.05) is 13.7 Å². The van der Waals surface area contributed by atoms with Gasteiger partial charge in [0, 0.05) is 25.3 Å². The lowest BCUT2D eigenvalue weighted by atomic mass is 9.96. The van der Waals surface area contributed by atoms with Crippen molar-refractivity contribution in [2.24, 2.45) is 11.8 Å². The number of para-hydroxylation sites is 1. The van der Waals surface area contributed by atoms with Crippen LogP contribution in [0, 0.1) is 5.92 Å². The molecule has 0 aliphatic heterocycles. The van der Waals surface area contributed by atoms with Crippen LogP contribution in [-0.4, -0.2) is 20.1 Å². The highest BCUT2D eigenvalue weighted by Gasteiger charge is 2.33. The molecule has 4 nitrogen and oxygen atoms in total. The molecule has 2 atom stereocenters. The van der Waals surface area contributed by atoms with Crippen LogP contribution in [0.25, 0.3) is 0 Å². The van der Waals surface area contributed by atoms with Crippen molar-refractivity contribution in [1.29, 1.82) is 0 Å². The molecule has 0 bridgehead atoms. The number of nitrogens with two attached hydrogens (primary N) is 1. The van der Waals surface area contributed by atoms with E-state index in [1.807, 2.05) is 6.92 Å². The van der Waals surface area contributed by atoms with Gasteiger partial charge in [-0.3, -0.25) is 11.3 Å². The maximum atomic E-state index is 12.4. The minimum absolute atomic E-state index is 0.139. The topological polar surface area (TPSA) is 56.5 Å². The van der Waals surface area contributed by atoms with Crippen LogP contribution in [-0.2, 0) is 4.74 Å². The highest BCUT2D eigenvalue weighted by molar-refractivity contribution is 5.36. The van der Waals surface area contributed by atoms with Gasteiger partial charge < -0.3 is 9.47 Å². The molecule has 2 unspecified atom stereocenters. The van der Waals surface area contributed by atoms with E-state index in [0.29, 0.717) is 18.6 Å². The maximum absolute atomic E-state index is 12.4. The minimum atomic E-state index is -4.73. The SMILES string of the molecule is COCC(C)CC(NN)c1ccccc1OC(F)(F)F. The Hall–Kier alpha value is -1.31. The molecule has 0 radical (unpaired) electrons. The summed E-state index contributed by atoms with van der Waals surface area (Å²) in [5.41, 5.74) is 2.90. The van der Waals surface area contributed by atoms with Gasteiger partial charge in [0.05, 0.1) is 0 Å². The second kappa shape index (κ2) is 7.47. The molecule has 1 aromatic rings. The molecule has 0 fully saturated rings. The fraction of sp³-hybridized carbons (Fsp3) is 0.538. The highest BCUT2D eigenvalue weighted by Crippen LogP contribution is 2.32. The van der Waals surface area contributed by atoms with Crippen LogP contribution in [0.2, 0.25) is 0 Å². The van der Waals surface area contributed by atoms with Crippen molar-refractivity contribution in [1.82, 2.24) is 5.43 Å². The second-order valence-electron chi connectivity index (χ2n) is 4.60. The minimum Gasteiger partial charge on any atom is -0.405 e. The van der Waals surface area contributed by atoms with Crippen LogP contribution < -0.4 is 16.0 Å². The zero-order chi connectivity index (χ0) is 15.2. The number of methoxy groups -OCH3 is 1. The predicted octanol–water partition coefficient (Wildman–Crippen LogP) is 2.76. The van der Waals surface area contributed by atoms with Crippen LogP contribution >= 0.6 is 0 Å². The molecule has 0 heterocycles. The lowest BCUT2D eigenvalue weighted by molar-refractivity contribution is -0.275. The molecule has 0 spiro atoms. The van der Waals surface area contributed by atoms with Crippen LogP contribution in [0.15, 0.2) is 24.3 Å². The summed E-state index contributed by atoms with van der Waals surface area (Å²) in [4.78, 5) is 0. The van der Waals surface area contributed by atoms with Gasteiger partial charge >= 0.3 is 6.36 Å². The van der Waals surface area contributed by atoms with E-state index in [4.69, 9.17) is 10.6 Å². The summed E-state index contributed by atoms with van der Waals surface area (Å²) in [6.07, 6.45) is -4.20. The first-order chi connectivity index (χ1) is 9.37. The number of halogens is 3. The van der Waals surface area contributed by atoms with Crippen LogP contribution in [0.5, 0.6) is 5.75 Å². The molecule has 3 N–H and O–H groups in total. The van der Waals surface area contributed by atoms with E-state index in [-0.39, 0.29) is 11.7 Å². The lowest BCUT2D eigenvalue weighted by Gasteiger charge is -2.23. The number of benzene rings is 1. The number of ether oxygens (including phenoxy) is 2. The van der Waals surface area contributed by atoms with Crippen molar-refractivity contribution < 1.29 is 22.6 Å². The number of hydrazine groups is 1. The number of alkyl halides is 3. The summed E-state index contributed by atoms with van der Waals surface area (Å²) < 4.78 is 46.2. The Morgan fingerprint density at radius 2 is 1.95 bits per heavy atom. The normalized spacial score (nSPS) is 14.9. The molecule has 1 aromatic carbocycles. The second-order valence-corrected chi connectivity index (χ2v) is 4.60. The fourth-order valence-electron chi connectivity index (χ4n) is 2.03. The van der Waals surface area contributed by atoms with Gasteiger partial charge in [0.2, 0.25) is 0 Å². The third-order valence-corrected chi connectivity index (χ3v) is 2.81. The zero-order valence-electron chi connectivity index (χ0n) is 11.4. The zero-order valence-corrected chi connectivity index (χ0v) is 11.4. The van der Waals surface area contributed by atoms with E-state index >= 15 is 0 Å². The van der Waals surface area contributed by atoms with E-state index in [1.165, 1.54) is 12.1 Å². The Balaban J connectivity index is 2.91. The van der Waals surface area contributed by atoms with Crippen molar-refractivity contribution in [3.8, 4) is 5.75 Å². The van der Waals surface area contributed by atoms with Crippen LogP contribution in [0.1, 0.15) is 24.9 Å². The van der Waals surface area contributed by atoms with Crippen molar-refractivity contribution >= 4 is 0 Å². The number of rotatable bonds is 7. The van der Waals surface area contributed by atoms with Gasteiger partial charge in [-0.2, -0.15) is 0 Å². The third kappa shape index (κ3) is 5.36. The smallest absolute Gasteiger partial charge is 0.405 e. The maximum Gasteiger partial charge on any atom is 0.573 e. The molecule has 0 amide bonds. The molecule has 1 rings (SSSR count). The number of hydrogen-bond donors (Lipinski definition) is 2. The monoisotopic (exact) mass is 292 g/mol. The highest BCUT2D eigenvalue weighted by atomic mass is 19.4. The molecule has 0 aromatic heterocycles. The molecular weight excluding hydrogens is 273 g/mol.